The molecule has 7 nitrogen and oxygen atoms in total. The average molecular weight is 424 g/mol. The SMILES string of the molecule is CCCN(C/C=N/OC)c1c2c(nc3c(C4(OC)C=CC=CC4C)c(C)nn13)CCC2. The lowest BCUT2D eigenvalue weighted by Gasteiger charge is -2.35. The Balaban J connectivity index is 1.96. The third kappa shape index (κ3) is 3.55. The summed E-state index contributed by atoms with van der Waals surface area (Å²) in [4.78, 5) is 12.4. The van der Waals surface area contributed by atoms with Crippen LogP contribution in [0.4, 0.5) is 5.82 Å². The van der Waals surface area contributed by atoms with Crippen LogP contribution in [0.15, 0.2) is 29.5 Å². The van der Waals surface area contributed by atoms with E-state index in [1.165, 1.54) is 11.3 Å². The molecule has 0 radical (unpaired) electrons. The van der Waals surface area contributed by atoms with Gasteiger partial charge in [-0.1, -0.05) is 37.2 Å². The Morgan fingerprint density at radius 1 is 1.32 bits per heavy atom. The molecule has 0 fully saturated rings. The highest BCUT2D eigenvalue weighted by atomic mass is 16.6. The van der Waals surface area contributed by atoms with Gasteiger partial charge < -0.3 is 14.5 Å². The molecule has 2 aliphatic carbocycles. The van der Waals surface area contributed by atoms with Gasteiger partial charge in [0.1, 0.15) is 18.5 Å². The summed E-state index contributed by atoms with van der Waals surface area (Å²) in [5, 5.41) is 9.00. The zero-order chi connectivity index (χ0) is 22.0. The average Bonchev–Trinajstić information content (AvgIpc) is 3.36. The van der Waals surface area contributed by atoms with E-state index in [4.69, 9.17) is 19.7 Å². The minimum atomic E-state index is -0.579. The first kappa shape index (κ1) is 21.6. The molecule has 2 aromatic heterocycles. The molecule has 2 aliphatic rings. The predicted molar refractivity (Wildman–Crippen MR) is 124 cm³/mol. The largest absolute Gasteiger partial charge is 0.399 e. The first-order valence-corrected chi connectivity index (χ1v) is 11.2. The van der Waals surface area contributed by atoms with Gasteiger partial charge in [-0.05, 0) is 38.7 Å². The molecular formula is C24H33N5O2. The van der Waals surface area contributed by atoms with Crippen molar-refractivity contribution in [1.29, 1.82) is 0 Å². The van der Waals surface area contributed by atoms with Gasteiger partial charge in [0.25, 0.3) is 0 Å². The van der Waals surface area contributed by atoms with Crippen molar-refractivity contribution < 1.29 is 9.57 Å². The molecule has 7 heteroatoms. The summed E-state index contributed by atoms with van der Waals surface area (Å²) in [7, 11) is 3.35. The molecule has 166 valence electrons. The van der Waals surface area contributed by atoms with E-state index in [1.54, 1.807) is 14.2 Å². The first-order valence-electron chi connectivity index (χ1n) is 11.2. The molecule has 0 saturated carbocycles. The molecule has 0 aromatic carbocycles. The summed E-state index contributed by atoms with van der Waals surface area (Å²) in [5.41, 5.74) is 4.81. The summed E-state index contributed by atoms with van der Waals surface area (Å²) >= 11 is 0. The first-order chi connectivity index (χ1) is 15.1. The molecule has 4 rings (SSSR count). The van der Waals surface area contributed by atoms with E-state index < -0.39 is 5.60 Å². The van der Waals surface area contributed by atoms with Crippen LogP contribution in [-0.2, 0) is 28.0 Å². The molecular weight excluding hydrogens is 390 g/mol. The van der Waals surface area contributed by atoms with Crippen LogP contribution in [0.25, 0.3) is 5.65 Å². The third-order valence-corrected chi connectivity index (χ3v) is 6.47. The van der Waals surface area contributed by atoms with Crippen LogP contribution < -0.4 is 4.90 Å². The van der Waals surface area contributed by atoms with E-state index >= 15 is 0 Å². The van der Waals surface area contributed by atoms with Gasteiger partial charge in [-0.15, -0.1) is 0 Å². The van der Waals surface area contributed by atoms with Crippen LogP contribution >= 0.6 is 0 Å². The number of allylic oxidation sites excluding steroid dienone is 2. The number of oxime groups is 1. The fourth-order valence-corrected chi connectivity index (χ4v) is 5.05. The Bertz CT molecular complexity index is 1040. The maximum absolute atomic E-state index is 6.19. The maximum atomic E-state index is 6.19. The minimum absolute atomic E-state index is 0.174. The lowest BCUT2D eigenvalue weighted by molar-refractivity contribution is -0.00178. The van der Waals surface area contributed by atoms with Crippen molar-refractivity contribution in [1.82, 2.24) is 14.6 Å². The van der Waals surface area contributed by atoms with E-state index in [0.717, 1.165) is 55.0 Å². The number of hydrogen-bond acceptors (Lipinski definition) is 6. The second kappa shape index (κ2) is 8.83. The zero-order valence-electron chi connectivity index (χ0n) is 19.3. The molecule has 31 heavy (non-hydrogen) atoms. The van der Waals surface area contributed by atoms with Gasteiger partial charge in [-0.2, -0.15) is 9.61 Å². The standard InChI is InChI=1S/C24H33N5O2/c1-6-15-28(16-14-25-31-5)23-19-11-9-12-20(19)26-22-21(18(3)27-29(22)23)24(30-4)13-8-7-10-17(24)2/h7-8,10,13-14,17H,6,9,11-12,15-16H2,1-5H3/b25-14+. The Labute approximate surface area is 184 Å². The number of rotatable bonds is 8. The van der Waals surface area contributed by atoms with E-state index in [-0.39, 0.29) is 5.92 Å². The van der Waals surface area contributed by atoms with Gasteiger partial charge in [-0.3, -0.25) is 0 Å². The van der Waals surface area contributed by atoms with Crippen molar-refractivity contribution in [2.75, 3.05) is 32.2 Å². The third-order valence-electron chi connectivity index (χ3n) is 6.47. The summed E-state index contributed by atoms with van der Waals surface area (Å²) in [5.74, 6) is 1.30. The lowest BCUT2D eigenvalue weighted by Crippen LogP contribution is -2.35. The van der Waals surface area contributed by atoms with E-state index in [1.807, 2.05) is 10.7 Å². The van der Waals surface area contributed by atoms with Gasteiger partial charge in [-0.25, -0.2) is 4.98 Å². The van der Waals surface area contributed by atoms with E-state index in [9.17, 15) is 0 Å². The van der Waals surface area contributed by atoms with Crippen LogP contribution in [0.1, 0.15) is 49.2 Å². The number of fused-ring (bicyclic) bond motifs is 2. The second-order valence-electron chi connectivity index (χ2n) is 8.36. The Hall–Kier alpha value is -2.67. The fourth-order valence-electron chi connectivity index (χ4n) is 5.05. The van der Waals surface area contributed by atoms with Crippen LogP contribution in [0.2, 0.25) is 0 Å². The van der Waals surface area contributed by atoms with Crippen molar-refractivity contribution in [2.45, 2.75) is 52.1 Å². The number of anilines is 1. The highest BCUT2D eigenvalue weighted by Gasteiger charge is 2.41. The van der Waals surface area contributed by atoms with Crippen molar-refractivity contribution >= 4 is 17.7 Å². The molecule has 2 atom stereocenters. The minimum Gasteiger partial charge on any atom is -0.399 e. The molecule has 0 spiro atoms. The van der Waals surface area contributed by atoms with Crippen LogP contribution in [0, 0.1) is 12.8 Å². The summed E-state index contributed by atoms with van der Waals surface area (Å²) < 4.78 is 8.23. The lowest BCUT2D eigenvalue weighted by atomic mass is 9.79. The molecule has 2 aromatic rings. The molecule has 0 bridgehead atoms. The number of nitrogens with zero attached hydrogens (tertiary/aromatic N) is 5. The van der Waals surface area contributed by atoms with Crippen LogP contribution in [-0.4, -0.2) is 48.1 Å². The Kier molecular flexibility index (Phi) is 6.14. The topological polar surface area (TPSA) is 64.2 Å². The molecule has 2 unspecified atom stereocenters. The van der Waals surface area contributed by atoms with Crippen molar-refractivity contribution in [2.24, 2.45) is 11.1 Å². The fraction of sp³-hybridized carbons (Fsp3) is 0.542. The van der Waals surface area contributed by atoms with Gasteiger partial charge in [0.2, 0.25) is 0 Å². The van der Waals surface area contributed by atoms with E-state index in [0.29, 0.717) is 6.54 Å². The molecule has 2 heterocycles. The van der Waals surface area contributed by atoms with Gasteiger partial charge >= 0.3 is 0 Å². The van der Waals surface area contributed by atoms with Crippen molar-refractivity contribution in [3.05, 3.63) is 46.8 Å². The number of aryl methyl sites for hydroxylation is 2. The Morgan fingerprint density at radius 3 is 2.87 bits per heavy atom. The number of ether oxygens (including phenoxy) is 1. The van der Waals surface area contributed by atoms with Gasteiger partial charge in [0, 0.05) is 30.8 Å². The molecule has 0 N–H and O–H groups in total. The van der Waals surface area contributed by atoms with Crippen LogP contribution in [0.5, 0.6) is 0 Å². The summed E-state index contributed by atoms with van der Waals surface area (Å²) in [6.07, 6.45) is 14.5. The van der Waals surface area contributed by atoms with Crippen molar-refractivity contribution in [3.8, 4) is 0 Å². The van der Waals surface area contributed by atoms with Gasteiger partial charge in [0.15, 0.2) is 5.65 Å². The summed E-state index contributed by atoms with van der Waals surface area (Å²) in [6, 6.07) is 0. The summed E-state index contributed by atoms with van der Waals surface area (Å²) in [6.45, 7) is 8.01. The predicted octanol–water partition coefficient (Wildman–Crippen LogP) is 3.98. The number of aromatic nitrogens is 3. The molecule has 0 aliphatic heterocycles. The normalized spacial score (nSPS) is 22.5. The quantitative estimate of drug-likeness (QED) is 0.475. The van der Waals surface area contributed by atoms with Crippen LogP contribution in [0.3, 0.4) is 0 Å². The van der Waals surface area contributed by atoms with Gasteiger partial charge in [0.05, 0.1) is 24.0 Å². The monoisotopic (exact) mass is 423 g/mol. The second-order valence-corrected chi connectivity index (χ2v) is 8.36. The molecule has 0 saturated heterocycles. The van der Waals surface area contributed by atoms with E-state index in [2.05, 4.69) is 55.1 Å². The highest BCUT2D eigenvalue weighted by Crippen LogP contribution is 2.43. The zero-order valence-corrected chi connectivity index (χ0v) is 19.3. The number of methoxy groups -OCH3 is 1. The highest BCUT2D eigenvalue weighted by molar-refractivity contribution is 5.69. The Morgan fingerprint density at radius 2 is 2.16 bits per heavy atom. The smallest absolute Gasteiger partial charge is 0.164 e. The maximum Gasteiger partial charge on any atom is 0.164 e. The van der Waals surface area contributed by atoms with Crippen molar-refractivity contribution in [3.63, 3.8) is 0 Å². The number of hydrogen-bond donors (Lipinski definition) is 0. The molecule has 0 amide bonds.